The number of aliphatic hydroxyl groups excluding tert-OH is 1. The van der Waals surface area contributed by atoms with Gasteiger partial charge in [-0.2, -0.15) is 0 Å². The van der Waals surface area contributed by atoms with Crippen LogP contribution in [-0.2, 0) is 0 Å². The Morgan fingerprint density at radius 2 is 2.25 bits per heavy atom. The van der Waals surface area contributed by atoms with E-state index in [0.717, 1.165) is 12.8 Å². The first kappa shape index (κ1) is 6.47. The molecule has 2 nitrogen and oxygen atoms in total. The molecule has 0 aromatic heterocycles. The van der Waals surface area contributed by atoms with Crippen LogP contribution in [0.25, 0.3) is 0 Å². The Bertz CT molecular complexity index is 64.8. The predicted molar refractivity (Wildman–Crippen MR) is 36.4 cm³/mol. The summed E-state index contributed by atoms with van der Waals surface area (Å²) < 4.78 is 0. The molecule has 0 radical (unpaired) electrons. The van der Waals surface area contributed by atoms with Gasteiger partial charge >= 0.3 is 0 Å². The largest absolute Gasteiger partial charge is 0.396 e. The van der Waals surface area contributed by atoms with E-state index in [1.54, 1.807) is 0 Å². The van der Waals surface area contributed by atoms with Gasteiger partial charge in [-0.25, -0.2) is 0 Å². The Morgan fingerprint density at radius 1 is 1.62 bits per heavy atom. The molecular formula is C5H12NOP. The Labute approximate surface area is 51.9 Å². The maximum absolute atomic E-state index is 8.56. The fraction of sp³-hybridized carbons (Fsp3) is 1.00. The monoisotopic (exact) mass is 133 g/mol. The third kappa shape index (κ3) is 1.19. The van der Waals surface area contributed by atoms with Crippen LogP contribution in [0.4, 0.5) is 0 Å². The van der Waals surface area contributed by atoms with Gasteiger partial charge < -0.3 is 5.11 Å². The van der Waals surface area contributed by atoms with E-state index in [-0.39, 0.29) is 0 Å². The van der Waals surface area contributed by atoms with E-state index in [1.807, 2.05) is 0 Å². The summed E-state index contributed by atoms with van der Waals surface area (Å²) in [5.74, 6) is 0.577. The first-order chi connectivity index (χ1) is 3.86. The highest BCUT2D eigenvalue weighted by molar-refractivity contribution is 7.13. The maximum atomic E-state index is 8.56. The van der Waals surface area contributed by atoms with Gasteiger partial charge in [-0.15, -0.1) is 0 Å². The number of nitrogens with one attached hydrogen (secondary N) is 1. The summed E-state index contributed by atoms with van der Waals surface area (Å²) in [6.07, 6.45) is 2.28. The molecule has 0 amide bonds. The van der Waals surface area contributed by atoms with Crippen molar-refractivity contribution in [3.8, 4) is 0 Å². The van der Waals surface area contributed by atoms with Gasteiger partial charge in [-0.3, -0.25) is 5.09 Å². The smallest absolute Gasteiger partial charge is 0.0460 e. The molecular weight excluding hydrogens is 121 g/mol. The standard InChI is InChI=1S/C5H12NOP/c7-3-4-1-5(2-4)6-8/h4-7H,1-3,8H2/t4-,5-. The summed E-state index contributed by atoms with van der Waals surface area (Å²) in [7, 11) is 2.50. The Balaban J connectivity index is 2.03. The fourth-order valence-corrected chi connectivity index (χ4v) is 1.29. The molecule has 0 saturated heterocycles. The van der Waals surface area contributed by atoms with Crippen molar-refractivity contribution in [2.45, 2.75) is 18.9 Å². The van der Waals surface area contributed by atoms with Crippen LogP contribution in [0.15, 0.2) is 0 Å². The van der Waals surface area contributed by atoms with E-state index in [0.29, 0.717) is 18.6 Å². The van der Waals surface area contributed by atoms with E-state index < -0.39 is 0 Å². The van der Waals surface area contributed by atoms with Crippen LogP contribution in [0.3, 0.4) is 0 Å². The van der Waals surface area contributed by atoms with Gasteiger partial charge in [0.25, 0.3) is 0 Å². The van der Waals surface area contributed by atoms with Crippen LogP contribution in [0.5, 0.6) is 0 Å². The van der Waals surface area contributed by atoms with Crippen molar-refractivity contribution < 1.29 is 5.11 Å². The van der Waals surface area contributed by atoms with Crippen molar-refractivity contribution in [2.75, 3.05) is 6.61 Å². The molecule has 0 aromatic carbocycles. The summed E-state index contributed by atoms with van der Waals surface area (Å²) in [5, 5.41) is 11.6. The van der Waals surface area contributed by atoms with Crippen LogP contribution >= 0.6 is 9.39 Å². The summed E-state index contributed by atoms with van der Waals surface area (Å²) in [6.45, 7) is 0.364. The third-order valence-corrected chi connectivity index (χ3v) is 2.20. The van der Waals surface area contributed by atoms with Gasteiger partial charge in [0.1, 0.15) is 0 Å². The molecule has 1 rings (SSSR count). The lowest BCUT2D eigenvalue weighted by molar-refractivity contribution is 0.138. The summed E-state index contributed by atoms with van der Waals surface area (Å²) in [4.78, 5) is 0. The number of hydrogen-bond donors (Lipinski definition) is 2. The highest BCUT2D eigenvalue weighted by atomic mass is 31.0. The number of rotatable bonds is 2. The lowest BCUT2D eigenvalue weighted by atomic mass is 9.82. The molecule has 0 bridgehead atoms. The second kappa shape index (κ2) is 2.77. The molecule has 48 valence electrons. The van der Waals surface area contributed by atoms with Crippen molar-refractivity contribution in [1.82, 2.24) is 5.09 Å². The maximum Gasteiger partial charge on any atom is 0.0460 e. The van der Waals surface area contributed by atoms with Crippen LogP contribution in [0.1, 0.15) is 12.8 Å². The molecule has 1 saturated carbocycles. The average Bonchev–Trinajstić information content (AvgIpc) is 1.65. The molecule has 0 spiro atoms. The zero-order valence-electron chi connectivity index (χ0n) is 4.80. The molecule has 0 aliphatic heterocycles. The minimum absolute atomic E-state index is 0.364. The van der Waals surface area contributed by atoms with Gasteiger partial charge in [-0.05, 0) is 18.8 Å². The van der Waals surface area contributed by atoms with Gasteiger partial charge in [-0.1, -0.05) is 9.39 Å². The number of hydrogen-bond acceptors (Lipinski definition) is 2. The third-order valence-electron chi connectivity index (χ3n) is 1.73. The van der Waals surface area contributed by atoms with E-state index in [9.17, 15) is 0 Å². The molecule has 1 aliphatic carbocycles. The lowest BCUT2D eigenvalue weighted by Crippen LogP contribution is -2.37. The van der Waals surface area contributed by atoms with Crippen molar-refractivity contribution >= 4 is 9.39 Å². The van der Waals surface area contributed by atoms with Crippen LogP contribution in [-0.4, -0.2) is 17.8 Å². The zero-order chi connectivity index (χ0) is 5.98. The Morgan fingerprint density at radius 3 is 2.62 bits per heavy atom. The van der Waals surface area contributed by atoms with Gasteiger partial charge in [0.15, 0.2) is 0 Å². The van der Waals surface area contributed by atoms with E-state index in [2.05, 4.69) is 14.5 Å². The molecule has 8 heavy (non-hydrogen) atoms. The van der Waals surface area contributed by atoms with Gasteiger partial charge in [0.2, 0.25) is 0 Å². The lowest BCUT2D eigenvalue weighted by Gasteiger charge is -2.33. The van der Waals surface area contributed by atoms with E-state index in [1.165, 1.54) is 0 Å². The van der Waals surface area contributed by atoms with Crippen LogP contribution in [0.2, 0.25) is 0 Å². The minimum atomic E-state index is 0.364. The predicted octanol–water partition coefficient (Wildman–Crippen LogP) is 0.137. The second-order valence-electron chi connectivity index (χ2n) is 2.38. The van der Waals surface area contributed by atoms with Gasteiger partial charge in [0.05, 0.1) is 0 Å². The van der Waals surface area contributed by atoms with Gasteiger partial charge in [0, 0.05) is 12.6 Å². The minimum Gasteiger partial charge on any atom is -0.396 e. The van der Waals surface area contributed by atoms with Crippen molar-refractivity contribution in [1.29, 1.82) is 0 Å². The Hall–Kier alpha value is 0.350. The van der Waals surface area contributed by atoms with Crippen molar-refractivity contribution in [2.24, 2.45) is 5.92 Å². The molecule has 1 fully saturated rings. The summed E-state index contributed by atoms with van der Waals surface area (Å²) in [5.41, 5.74) is 0. The first-order valence-corrected chi connectivity index (χ1v) is 3.51. The Kier molecular flexibility index (Phi) is 2.24. The topological polar surface area (TPSA) is 32.3 Å². The first-order valence-electron chi connectivity index (χ1n) is 2.93. The van der Waals surface area contributed by atoms with Crippen molar-refractivity contribution in [3.05, 3.63) is 0 Å². The number of aliphatic hydroxyl groups is 1. The summed E-state index contributed by atoms with van der Waals surface area (Å²) in [6, 6.07) is 0.650. The molecule has 3 heteroatoms. The van der Waals surface area contributed by atoms with E-state index in [4.69, 9.17) is 5.11 Å². The van der Waals surface area contributed by atoms with Crippen LogP contribution in [0, 0.1) is 5.92 Å². The second-order valence-corrected chi connectivity index (χ2v) is 2.72. The molecule has 0 aromatic rings. The highest BCUT2D eigenvalue weighted by Gasteiger charge is 2.26. The molecule has 1 unspecified atom stereocenters. The molecule has 2 N–H and O–H groups in total. The SMILES string of the molecule is OC[C@H]1C[C@H](NP)C1. The normalized spacial score (nSPS) is 36.8. The van der Waals surface area contributed by atoms with Crippen LogP contribution < -0.4 is 5.09 Å². The zero-order valence-corrected chi connectivity index (χ0v) is 5.96. The molecule has 1 aliphatic rings. The quantitative estimate of drug-likeness (QED) is 0.525. The fourth-order valence-electron chi connectivity index (χ4n) is 1.02. The average molecular weight is 133 g/mol. The van der Waals surface area contributed by atoms with Crippen molar-refractivity contribution in [3.63, 3.8) is 0 Å². The highest BCUT2D eigenvalue weighted by Crippen LogP contribution is 2.26. The molecule has 0 heterocycles. The summed E-state index contributed by atoms with van der Waals surface area (Å²) >= 11 is 0. The molecule has 1 atom stereocenters. The van der Waals surface area contributed by atoms with E-state index >= 15 is 0 Å².